The van der Waals surface area contributed by atoms with E-state index in [0.29, 0.717) is 6.61 Å². The summed E-state index contributed by atoms with van der Waals surface area (Å²) in [6.07, 6.45) is 3.35. The van der Waals surface area contributed by atoms with Gasteiger partial charge in [-0.2, -0.15) is 0 Å². The minimum absolute atomic E-state index is 0.336. The molecule has 0 aromatic rings. The van der Waals surface area contributed by atoms with Crippen LogP contribution >= 0.6 is 11.6 Å². The number of hydrogen-bond donors (Lipinski definition) is 1. The van der Waals surface area contributed by atoms with Gasteiger partial charge in [-0.05, 0) is 6.42 Å². The summed E-state index contributed by atoms with van der Waals surface area (Å²) in [4.78, 5) is 0. The van der Waals surface area contributed by atoms with Gasteiger partial charge in [-0.15, -0.1) is 11.6 Å². The molecular weight excluding hydrogens is 176 g/mol. The summed E-state index contributed by atoms with van der Waals surface area (Å²) < 4.78 is 0. The molecule has 0 fully saturated rings. The number of unbranched alkanes of at least 4 members (excludes halogenated alkanes) is 2. The topological polar surface area (TPSA) is 20.2 Å². The third-order valence-corrected chi connectivity index (χ3v) is 6.47. The molecule has 1 N–H and O–H groups in total. The molecular formula is C8H19ClOSi. The van der Waals surface area contributed by atoms with Crippen molar-refractivity contribution in [2.24, 2.45) is 0 Å². The van der Waals surface area contributed by atoms with Gasteiger partial charge in [0.2, 0.25) is 0 Å². The van der Waals surface area contributed by atoms with Crippen molar-refractivity contribution in [3.63, 3.8) is 0 Å². The summed E-state index contributed by atoms with van der Waals surface area (Å²) in [5.41, 5.74) is 0.867. The maximum Gasteiger partial charge on any atom is 0.0639 e. The average molecular weight is 195 g/mol. The van der Waals surface area contributed by atoms with Gasteiger partial charge in [-0.1, -0.05) is 32.0 Å². The Labute approximate surface area is 75.8 Å². The Kier molecular flexibility index (Phi) is 6.29. The molecule has 68 valence electrons. The van der Waals surface area contributed by atoms with Crippen LogP contribution in [0.3, 0.4) is 0 Å². The Bertz CT molecular complexity index is 96.1. The third-order valence-electron chi connectivity index (χ3n) is 1.87. The molecule has 0 rings (SSSR count). The Morgan fingerprint density at radius 2 is 1.82 bits per heavy atom. The van der Waals surface area contributed by atoms with Crippen LogP contribution < -0.4 is 0 Å². The Morgan fingerprint density at radius 1 is 1.18 bits per heavy atom. The molecule has 1 nitrogen and oxygen atoms in total. The molecule has 0 spiro atoms. The van der Waals surface area contributed by atoms with Gasteiger partial charge in [-0.3, -0.25) is 0 Å². The highest BCUT2D eigenvalue weighted by molar-refractivity contribution is 6.83. The Balaban J connectivity index is 3.23. The fourth-order valence-corrected chi connectivity index (χ4v) is 2.70. The molecule has 0 aromatic carbocycles. The number of aliphatic hydroxyl groups excluding tert-OH is 1. The lowest BCUT2D eigenvalue weighted by Crippen LogP contribution is -2.27. The third kappa shape index (κ3) is 6.85. The lowest BCUT2D eigenvalue weighted by atomic mass is 10.3. The van der Waals surface area contributed by atoms with Gasteiger partial charge >= 0.3 is 0 Å². The molecule has 0 heterocycles. The van der Waals surface area contributed by atoms with E-state index in [-0.39, 0.29) is 0 Å². The minimum Gasteiger partial charge on any atom is -0.396 e. The highest BCUT2D eigenvalue weighted by Gasteiger charge is 2.17. The monoisotopic (exact) mass is 194 g/mol. The maximum absolute atomic E-state index is 8.54. The first-order valence-corrected chi connectivity index (χ1v) is 8.24. The van der Waals surface area contributed by atoms with Crippen molar-refractivity contribution in [2.45, 2.75) is 38.4 Å². The number of hydrogen-bond acceptors (Lipinski definition) is 1. The van der Waals surface area contributed by atoms with Crippen molar-refractivity contribution in [1.29, 1.82) is 0 Å². The molecule has 0 aromatic heterocycles. The normalized spacial score (nSPS) is 12.0. The van der Waals surface area contributed by atoms with E-state index in [1.54, 1.807) is 0 Å². The molecule has 3 heteroatoms. The van der Waals surface area contributed by atoms with Crippen LogP contribution in [0.25, 0.3) is 0 Å². The van der Waals surface area contributed by atoms with Gasteiger partial charge in [0.15, 0.2) is 0 Å². The van der Waals surface area contributed by atoms with Crippen molar-refractivity contribution in [2.75, 3.05) is 12.1 Å². The SMILES string of the molecule is C[Si](C)(CCl)CCCCCO. The maximum atomic E-state index is 8.54. The number of rotatable bonds is 6. The van der Waals surface area contributed by atoms with Crippen LogP contribution in [0.2, 0.25) is 19.1 Å². The molecule has 0 bridgehead atoms. The predicted octanol–water partition coefficient (Wildman–Crippen LogP) is 2.64. The van der Waals surface area contributed by atoms with Crippen LogP contribution in [0.4, 0.5) is 0 Å². The van der Waals surface area contributed by atoms with E-state index in [1.807, 2.05) is 0 Å². The predicted molar refractivity (Wildman–Crippen MR) is 53.9 cm³/mol. The van der Waals surface area contributed by atoms with Crippen molar-refractivity contribution >= 4 is 19.7 Å². The second kappa shape index (κ2) is 6.04. The standard InChI is InChI=1S/C8H19ClOSi/c1-11(2,8-9)7-5-3-4-6-10/h10H,3-8H2,1-2H3. The first kappa shape index (κ1) is 11.5. The van der Waals surface area contributed by atoms with Crippen LogP contribution in [-0.2, 0) is 0 Å². The van der Waals surface area contributed by atoms with Crippen LogP contribution in [0, 0.1) is 0 Å². The fraction of sp³-hybridized carbons (Fsp3) is 1.00. The largest absolute Gasteiger partial charge is 0.396 e. The first-order valence-electron chi connectivity index (χ1n) is 4.29. The van der Waals surface area contributed by atoms with Gasteiger partial charge < -0.3 is 5.11 Å². The zero-order valence-corrected chi connectivity index (χ0v) is 9.32. The van der Waals surface area contributed by atoms with Crippen LogP contribution in [0.5, 0.6) is 0 Å². The molecule has 0 aliphatic heterocycles. The van der Waals surface area contributed by atoms with Gasteiger partial charge in [-0.25, -0.2) is 0 Å². The second-order valence-corrected chi connectivity index (χ2v) is 9.73. The molecule has 0 atom stereocenters. The molecule has 0 aliphatic rings. The van der Waals surface area contributed by atoms with E-state index >= 15 is 0 Å². The van der Waals surface area contributed by atoms with Crippen molar-refractivity contribution in [3.05, 3.63) is 0 Å². The smallest absolute Gasteiger partial charge is 0.0639 e. The summed E-state index contributed by atoms with van der Waals surface area (Å²) in [7, 11) is -1.04. The molecule has 0 unspecified atom stereocenters. The Hall–Kier alpha value is 0.467. The highest BCUT2D eigenvalue weighted by Crippen LogP contribution is 2.15. The van der Waals surface area contributed by atoms with E-state index in [1.165, 1.54) is 12.5 Å². The molecule has 0 aliphatic carbocycles. The molecule has 0 radical (unpaired) electrons. The summed E-state index contributed by atoms with van der Waals surface area (Å²) >= 11 is 5.82. The minimum atomic E-state index is -1.04. The van der Waals surface area contributed by atoms with Gasteiger partial charge in [0.1, 0.15) is 0 Å². The zero-order valence-electron chi connectivity index (χ0n) is 7.57. The first-order chi connectivity index (χ1) is 5.12. The van der Waals surface area contributed by atoms with Crippen molar-refractivity contribution < 1.29 is 5.11 Å². The van der Waals surface area contributed by atoms with Crippen LogP contribution in [0.1, 0.15) is 19.3 Å². The summed E-state index contributed by atoms with van der Waals surface area (Å²) in [6, 6.07) is 1.30. The van der Waals surface area contributed by atoms with E-state index in [9.17, 15) is 0 Å². The van der Waals surface area contributed by atoms with E-state index in [0.717, 1.165) is 18.3 Å². The van der Waals surface area contributed by atoms with Gasteiger partial charge in [0.05, 0.1) is 8.07 Å². The molecule has 0 saturated heterocycles. The lowest BCUT2D eigenvalue weighted by Gasteiger charge is -2.17. The molecule has 11 heavy (non-hydrogen) atoms. The van der Waals surface area contributed by atoms with Crippen molar-refractivity contribution in [1.82, 2.24) is 0 Å². The van der Waals surface area contributed by atoms with E-state index in [2.05, 4.69) is 13.1 Å². The fourth-order valence-electron chi connectivity index (χ4n) is 0.959. The summed E-state index contributed by atoms with van der Waals surface area (Å²) in [5.74, 6) is 0. The van der Waals surface area contributed by atoms with Crippen LogP contribution in [0.15, 0.2) is 0 Å². The van der Waals surface area contributed by atoms with E-state index in [4.69, 9.17) is 16.7 Å². The zero-order chi connectivity index (χ0) is 8.74. The number of alkyl halides is 1. The molecule has 0 amide bonds. The average Bonchev–Trinajstić information content (AvgIpc) is 1.99. The highest BCUT2D eigenvalue weighted by atomic mass is 35.5. The van der Waals surface area contributed by atoms with Crippen molar-refractivity contribution in [3.8, 4) is 0 Å². The quantitative estimate of drug-likeness (QED) is 0.392. The second-order valence-electron chi connectivity index (χ2n) is 3.83. The Morgan fingerprint density at radius 3 is 2.27 bits per heavy atom. The summed E-state index contributed by atoms with van der Waals surface area (Å²) in [6.45, 7) is 4.97. The lowest BCUT2D eigenvalue weighted by molar-refractivity contribution is 0.284. The van der Waals surface area contributed by atoms with Gasteiger partial charge in [0.25, 0.3) is 0 Å². The number of halogens is 1. The number of aliphatic hydroxyl groups is 1. The van der Waals surface area contributed by atoms with Crippen LogP contribution in [-0.4, -0.2) is 25.3 Å². The summed E-state index contributed by atoms with van der Waals surface area (Å²) in [5, 5.41) is 8.54. The van der Waals surface area contributed by atoms with E-state index < -0.39 is 8.07 Å². The molecule has 0 saturated carbocycles. The van der Waals surface area contributed by atoms with Gasteiger partial charge in [0, 0.05) is 12.1 Å².